The predicted molar refractivity (Wildman–Crippen MR) is 134 cm³/mol. The molecule has 1 N–H and O–H groups in total. The molecule has 0 aliphatic heterocycles. The van der Waals surface area contributed by atoms with Crippen LogP contribution in [0, 0.1) is 10.1 Å². The molecule has 34 heavy (non-hydrogen) atoms. The fourth-order valence-corrected chi connectivity index (χ4v) is 4.58. The topological polar surface area (TPSA) is 107 Å². The summed E-state index contributed by atoms with van der Waals surface area (Å²) in [4.78, 5) is 41.0. The van der Waals surface area contributed by atoms with Crippen molar-refractivity contribution in [3.8, 4) is 0 Å². The summed E-state index contributed by atoms with van der Waals surface area (Å²) in [6.45, 7) is 1.91. The lowest BCUT2D eigenvalue weighted by Gasteiger charge is -2.20. The molecule has 0 spiro atoms. The van der Waals surface area contributed by atoms with Crippen LogP contribution in [0.2, 0.25) is 5.02 Å². The standard InChI is InChI=1S/C24H19ClN4O4S/c1-15(16-7-3-2-4-8-16)28-23(31)18-9-5-6-10-20(18)27-24(28)34-14-22(30)26-21-12-11-17(29(32)33)13-19(21)25/h2-13,15H,14H2,1H3,(H,26,30). The second-order valence-electron chi connectivity index (χ2n) is 7.43. The van der Waals surface area contributed by atoms with Gasteiger partial charge in [0.1, 0.15) is 0 Å². The molecular formula is C24H19ClN4O4S. The van der Waals surface area contributed by atoms with Crippen molar-refractivity contribution in [1.29, 1.82) is 0 Å². The SMILES string of the molecule is CC(c1ccccc1)n1c(SCC(=O)Nc2ccc([N+](=O)[O-])cc2Cl)nc2ccccc2c1=O. The monoisotopic (exact) mass is 494 g/mol. The Morgan fingerprint density at radius 1 is 1.15 bits per heavy atom. The number of nitrogens with zero attached hydrogens (tertiary/aromatic N) is 3. The van der Waals surface area contributed by atoms with Crippen molar-refractivity contribution in [3.05, 3.63) is 104 Å². The minimum atomic E-state index is -0.564. The largest absolute Gasteiger partial charge is 0.324 e. The first kappa shape index (κ1) is 23.5. The van der Waals surface area contributed by atoms with Crippen LogP contribution >= 0.6 is 23.4 Å². The van der Waals surface area contributed by atoms with Gasteiger partial charge in [0.2, 0.25) is 5.91 Å². The molecule has 1 amide bonds. The second kappa shape index (κ2) is 10.1. The number of anilines is 1. The smallest absolute Gasteiger partial charge is 0.271 e. The van der Waals surface area contributed by atoms with E-state index in [1.807, 2.05) is 37.3 Å². The van der Waals surface area contributed by atoms with E-state index in [0.717, 1.165) is 17.3 Å². The number of non-ortho nitro benzene ring substituents is 1. The summed E-state index contributed by atoms with van der Waals surface area (Å²) in [6.07, 6.45) is 0. The maximum Gasteiger partial charge on any atom is 0.271 e. The molecule has 8 nitrogen and oxygen atoms in total. The van der Waals surface area contributed by atoms with E-state index in [0.29, 0.717) is 16.1 Å². The van der Waals surface area contributed by atoms with Crippen molar-refractivity contribution in [2.45, 2.75) is 18.1 Å². The average Bonchev–Trinajstić information content (AvgIpc) is 2.84. The fraction of sp³-hybridized carbons (Fsp3) is 0.125. The molecule has 1 aromatic heterocycles. The number of para-hydroxylation sites is 1. The lowest BCUT2D eigenvalue weighted by molar-refractivity contribution is -0.384. The zero-order valence-electron chi connectivity index (χ0n) is 18.0. The normalized spacial score (nSPS) is 11.8. The maximum atomic E-state index is 13.4. The van der Waals surface area contributed by atoms with Crippen molar-refractivity contribution in [2.75, 3.05) is 11.1 Å². The summed E-state index contributed by atoms with van der Waals surface area (Å²) in [5, 5.41) is 14.5. The Morgan fingerprint density at radius 2 is 1.85 bits per heavy atom. The molecule has 0 saturated heterocycles. The van der Waals surface area contributed by atoms with Gasteiger partial charge in [-0.15, -0.1) is 0 Å². The van der Waals surface area contributed by atoms with E-state index in [-0.39, 0.29) is 39.7 Å². The van der Waals surface area contributed by atoms with Gasteiger partial charge in [-0.3, -0.25) is 24.3 Å². The Labute approximate surface area is 203 Å². The average molecular weight is 495 g/mol. The molecule has 1 atom stereocenters. The number of fused-ring (bicyclic) bond motifs is 1. The Kier molecular flexibility index (Phi) is 6.95. The van der Waals surface area contributed by atoms with Crippen LogP contribution in [0.1, 0.15) is 18.5 Å². The molecule has 0 fully saturated rings. The van der Waals surface area contributed by atoms with E-state index in [2.05, 4.69) is 10.3 Å². The first-order valence-corrected chi connectivity index (χ1v) is 11.6. The van der Waals surface area contributed by atoms with Crippen molar-refractivity contribution in [1.82, 2.24) is 9.55 Å². The van der Waals surface area contributed by atoms with E-state index >= 15 is 0 Å². The molecule has 3 aromatic carbocycles. The predicted octanol–water partition coefficient (Wildman–Crippen LogP) is 5.30. The first-order chi connectivity index (χ1) is 16.3. The van der Waals surface area contributed by atoms with Crippen molar-refractivity contribution in [2.24, 2.45) is 0 Å². The zero-order valence-corrected chi connectivity index (χ0v) is 19.5. The van der Waals surface area contributed by atoms with E-state index < -0.39 is 4.92 Å². The summed E-state index contributed by atoms with van der Waals surface area (Å²) in [5.74, 6) is -0.429. The third-order valence-electron chi connectivity index (χ3n) is 5.21. The van der Waals surface area contributed by atoms with Gasteiger partial charge in [-0.1, -0.05) is 65.8 Å². The number of hydrogen-bond acceptors (Lipinski definition) is 6. The summed E-state index contributed by atoms with van der Waals surface area (Å²) in [6, 6.07) is 20.2. The van der Waals surface area contributed by atoms with Crippen LogP contribution in [0.15, 0.2) is 82.7 Å². The molecule has 0 aliphatic carbocycles. The number of rotatable bonds is 7. The van der Waals surface area contributed by atoms with Gasteiger partial charge in [0, 0.05) is 12.1 Å². The third-order valence-corrected chi connectivity index (χ3v) is 6.48. The number of carbonyl (C=O) groups excluding carboxylic acids is 1. The van der Waals surface area contributed by atoms with Crippen LogP contribution in [0.5, 0.6) is 0 Å². The van der Waals surface area contributed by atoms with Crippen LogP contribution in [0.25, 0.3) is 10.9 Å². The maximum absolute atomic E-state index is 13.4. The van der Waals surface area contributed by atoms with Crippen LogP contribution in [-0.2, 0) is 4.79 Å². The highest BCUT2D eigenvalue weighted by atomic mass is 35.5. The Bertz CT molecular complexity index is 1440. The van der Waals surface area contributed by atoms with Crippen LogP contribution in [0.3, 0.4) is 0 Å². The number of nitro groups is 1. The number of thioether (sulfide) groups is 1. The van der Waals surface area contributed by atoms with Gasteiger partial charge in [-0.05, 0) is 30.7 Å². The number of aromatic nitrogens is 2. The zero-order chi connectivity index (χ0) is 24.2. The number of nitro benzene ring substituents is 1. The second-order valence-corrected chi connectivity index (χ2v) is 8.78. The van der Waals surface area contributed by atoms with E-state index in [1.54, 1.807) is 28.8 Å². The van der Waals surface area contributed by atoms with Gasteiger partial charge in [0.25, 0.3) is 11.2 Å². The molecule has 10 heteroatoms. The fourth-order valence-electron chi connectivity index (χ4n) is 3.48. The highest BCUT2D eigenvalue weighted by Gasteiger charge is 2.19. The lowest BCUT2D eigenvalue weighted by Crippen LogP contribution is -2.27. The summed E-state index contributed by atoms with van der Waals surface area (Å²) < 4.78 is 1.59. The number of halogens is 1. The molecule has 0 aliphatic rings. The van der Waals surface area contributed by atoms with Gasteiger partial charge in [0.15, 0.2) is 5.16 Å². The van der Waals surface area contributed by atoms with Gasteiger partial charge >= 0.3 is 0 Å². The van der Waals surface area contributed by atoms with Crippen molar-refractivity contribution < 1.29 is 9.72 Å². The summed E-state index contributed by atoms with van der Waals surface area (Å²) in [7, 11) is 0. The van der Waals surface area contributed by atoms with E-state index in [4.69, 9.17) is 11.6 Å². The van der Waals surface area contributed by atoms with E-state index in [9.17, 15) is 19.7 Å². The quantitative estimate of drug-likeness (QED) is 0.162. The van der Waals surface area contributed by atoms with Crippen LogP contribution in [0.4, 0.5) is 11.4 Å². The Balaban J connectivity index is 1.62. The molecule has 1 heterocycles. The minimum Gasteiger partial charge on any atom is -0.324 e. The van der Waals surface area contributed by atoms with Crippen molar-refractivity contribution in [3.63, 3.8) is 0 Å². The third kappa shape index (κ3) is 4.95. The van der Waals surface area contributed by atoms with Crippen LogP contribution in [-0.4, -0.2) is 26.1 Å². The van der Waals surface area contributed by atoms with Gasteiger partial charge < -0.3 is 5.32 Å². The minimum absolute atomic E-state index is 0.0421. The van der Waals surface area contributed by atoms with Crippen LogP contribution < -0.4 is 10.9 Å². The molecule has 0 radical (unpaired) electrons. The summed E-state index contributed by atoms with van der Waals surface area (Å²) in [5.41, 5.74) is 1.38. The molecule has 4 rings (SSSR count). The Morgan fingerprint density at radius 3 is 2.56 bits per heavy atom. The molecular weight excluding hydrogens is 476 g/mol. The van der Waals surface area contributed by atoms with Gasteiger partial charge in [-0.25, -0.2) is 4.98 Å². The highest BCUT2D eigenvalue weighted by Crippen LogP contribution is 2.28. The number of amides is 1. The van der Waals surface area contributed by atoms with Gasteiger partial charge in [0.05, 0.1) is 38.3 Å². The molecule has 0 saturated carbocycles. The molecule has 1 unspecified atom stereocenters. The molecule has 4 aromatic rings. The number of carbonyl (C=O) groups is 1. The number of nitrogens with one attached hydrogen (secondary N) is 1. The molecule has 0 bridgehead atoms. The van der Waals surface area contributed by atoms with Crippen molar-refractivity contribution >= 4 is 51.5 Å². The number of hydrogen-bond donors (Lipinski definition) is 1. The number of benzene rings is 3. The lowest BCUT2D eigenvalue weighted by atomic mass is 10.1. The molecule has 172 valence electrons. The summed E-state index contributed by atoms with van der Waals surface area (Å²) >= 11 is 7.20. The first-order valence-electron chi connectivity index (χ1n) is 10.3. The highest BCUT2D eigenvalue weighted by molar-refractivity contribution is 7.99. The van der Waals surface area contributed by atoms with Gasteiger partial charge in [-0.2, -0.15) is 0 Å². The van der Waals surface area contributed by atoms with E-state index in [1.165, 1.54) is 18.2 Å². The Hall–Kier alpha value is -3.69.